The van der Waals surface area contributed by atoms with E-state index in [4.69, 9.17) is 22.1 Å². The summed E-state index contributed by atoms with van der Waals surface area (Å²) >= 11 is 13.0. The van der Waals surface area contributed by atoms with Crippen molar-refractivity contribution < 1.29 is 4.74 Å². The van der Waals surface area contributed by atoms with Crippen molar-refractivity contribution in [2.24, 2.45) is 5.73 Å². The van der Waals surface area contributed by atoms with Gasteiger partial charge in [0.15, 0.2) is 0 Å². The third kappa shape index (κ3) is 4.22. The number of benzene rings is 2. The van der Waals surface area contributed by atoms with Crippen LogP contribution in [0.5, 0.6) is 5.75 Å². The van der Waals surface area contributed by atoms with Crippen molar-refractivity contribution in [3.8, 4) is 5.75 Å². The van der Waals surface area contributed by atoms with Crippen molar-refractivity contribution in [1.82, 2.24) is 0 Å². The van der Waals surface area contributed by atoms with Gasteiger partial charge in [-0.05, 0) is 73.7 Å². The van der Waals surface area contributed by atoms with Crippen LogP contribution >= 0.6 is 43.5 Å². The zero-order valence-corrected chi connectivity index (χ0v) is 15.5. The average Bonchev–Trinajstić information content (AvgIpc) is 2.48. The van der Waals surface area contributed by atoms with Gasteiger partial charge in [-0.3, -0.25) is 0 Å². The Labute approximate surface area is 146 Å². The van der Waals surface area contributed by atoms with Gasteiger partial charge in [0, 0.05) is 4.47 Å². The standard InChI is InChI=1S/C16H16Br2ClNO/c1-2-7-21-15-6-4-10(8-13(15)18)16(20)11-3-5-12(17)14(19)9-11/h3-6,8-9,16H,2,7,20H2,1H3. The van der Waals surface area contributed by atoms with E-state index in [2.05, 4.69) is 38.8 Å². The molecular weight excluding hydrogens is 417 g/mol. The third-order valence-electron chi connectivity index (χ3n) is 3.08. The van der Waals surface area contributed by atoms with Crippen LogP contribution in [0.15, 0.2) is 45.3 Å². The molecule has 0 fully saturated rings. The Morgan fingerprint density at radius 3 is 2.38 bits per heavy atom. The SMILES string of the molecule is CCCOc1ccc(C(N)c2ccc(Br)c(Cl)c2)cc1Br. The van der Waals surface area contributed by atoms with E-state index in [1.807, 2.05) is 36.4 Å². The maximum absolute atomic E-state index is 6.32. The number of ether oxygens (including phenoxy) is 1. The van der Waals surface area contributed by atoms with Crippen molar-refractivity contribution in [3.05, 3.63) is 61.5 Å². The summed E-state index contributed by atoms with van der Waals surface area (Å²) in [5.74, 6) is 0.835. The van der Waals surface area contributed by atoms with E-state index in [0.29, 0.717) is 11.6 Å². The molecule has 1 unspecified atom stereocenters. The highest BCUT2D eigenvalue weighted by atomic mass is 79.9. The fourth-order valence-corrected chi connectivity index (χ4v) is 2.88. The van der Waals surface area contributed by atoms with E-state index in [0.717, 1.165) is 32.2 Å². The maximum atomic E-state index is 6.32. The van der Waals surface area contributed by atoms with Crippen LogP contribution in [0.3, 0.4) is 0 Å². The Balaban J connectivity index is 2.24. The average molecular weight is 434 g/mol. The summed E-state index contributed by atoms with van der Waals surface area (Å²) in [7, 11) is 0. The molecule has 0 aliphatic rings. The molecule has 0 amide bonds. The lowest BCUT2D eigenvalue weighted by Crippen LogP contribution is -2.12. The Morgan fingerprint density at radius 2 is 1.76 bits per heavy atom. The largest absolute Gasteiger partial charge is 0.492 e. The second-order valence-electron chi connectivity index (χ2n) is 4.69. The molecule has 2 nitrogen and oxygen atoms in total. The van der Waals surface area contributed by atoms with E-state index in [9.17, 15) is 0 Å². The van der Waals surface area contributed by atoms with Crippen LogP contribution in [-0.2, 0) is 0 Å². The molecule has 21 heavy (non-hydrogen) atoms. The van der Waals surface area contributed by atoms with Crippen molar-refractivity contribution in [2.45, 2.75) is 19.4 Å². The van der Waals surface area contributed by atoms with Crippen molar-refractivity contribution >= 4 is 43.5 Å². The molecule has 0 bridgehead atoms. The Hall–Kier alpha value is -0.550. The minimum atomic E-state index is -0.230. The van der Waals surface area contributed by atoms with Crippen LogP contribution in [0, 0.1) is 0 Å². The summed E-state index contributed by atoms with van der Waals surface area (Å²) in [5.41, 5.74) is 8.29. The highest BCUT2D eigenvalue weighted by Gasteiger charge is 2.12. The Morgan fingerprint density at radius 1 is 1.10 bits per heavy atom. The first-order valence-electron chi connectivity index (χ1n) is 6.65. The van der Waals surface area contributed by atoms with Crippen LogP contribution in [0.4, 0.5) is 0 Å². The number of rotatable bonds is 5. The summed E-state index contributed by atoms with van der Waals surface area (Å²) in [6, 6.07) is 11.4. The maximum Gasteiger partial charge on any atom is 0.133 e. The molecule has 2 aromatic carbocycles. The molecule has 0 radical (unpaired) electrons. The molecule has 2 aromatic rings. The Bertz CT molecular complexity index is 634. The summed E-state index contributed by atoms with van der Waals surface area (Å²) in [6.07, 6.45) is 0.977. The van der Waals surface area contributed by atoms with E-state index in [1.54, 1.807) is 0 Å². The second kappa shape index (κ2) is 7.63. The molecule has 112 valence electrons. The molecule has 0 saturated heterocycles. The van der Waals surface area contributed by atoms with Gasteiger partial charge in [-0.25, -0.2) is 0 Å². The van der Waals surface area contributed by atoms with Gasteiger partial charge in [0.2, 0.25) is 0 Å². The molecule has 0 aliphatic heterocycles. The van der Waals surface area contributed by atoms with E-state index >= 15 is 0 Å². The molecule has 5 heteroatoms. The summed E-state index contributed by atoms with van der Waals surface area (Å²) < 4.78 is 7.42. The first-order valence-corrected chi connectivity index (χ1v) is 8.62. The Kier molecular flexibility index (Phi) is 6.11. The van der Waals surface area contributed by atoms with Crippen LogP contribution in [0.25, 0.3) is 0 Å². The quantitative estimate of drug-likeness (QED) is 0.656. The zero-order chi connectivity index (χ0) is 15.4. The predicted octanol–water partition coefficient (Wildman–Crippen LogP) is 5.70. The molecule has 0 aliphatic carbocycles. The van der Waals surface area contributed by atoms with Crippen molar-refractivity contribution in [2.75, 3.05) is 6.61 Å². The normalized spacial score (nSPS) is 12.2. The molecule has 0 spiro atoms. The topological polar surface area (TPSA) is 35.2 Å². The zero-order valence-electron chi connectivity index (χ0n) is 11.6. The fourth-order valence-electron chi connectivity index (χ4n) is 1.94. The van der Waals surface area contributed by atoms with Crippen LogP contribution in [-0.4, -0.2) is 6.61 Å². The molecule has 0 saturated carbocycles. The minimum Gasteiger partial charge on any atom is -0.492 e. The summed E-state index contributed by atoms with van der Waals surface area (Å²) in [5, 5.41) is 0.657. The molecular formula is C16H16Br2ClNO. The van der Waals surface area contributed by atoms with Crippen LogP contribution < -0.4 is 10.5 Å². The highest BCUT2D eigenvalue weighted by molar-refractivity contribution is 9.10. The predicted molar refractivity (Wildman–Crippen MR) is 95.1 cm³/mol. The van der Waals surface area contributed by atoms with Gasteiger partial charge in [-0.2, -0.15) is 0 Å². The van der Waals surface area contributed by atoms with Crippen molar-refractivity contribution in [3.63, 3.8) is 0 Å². The first-order chi connectivity index (χ1) is 10.0. The van der Waals surface area contributed by atoms with Crippen LogP contribution in [0.1, 0.15) is 30.5 Å². The van der Waals surface area contributed by atoms with E-state index in [1.165, 1.54) is 0 Å². The third-order valence-corrected chi connectivity index (χ3v) is 4.93. The summed E-state index contributed by atoms with van der Waals surface area (Å²) in [4.78, 5) is 0. The fraction of sp³-hybridized carbons (Fsp3) is 0.250. The van der Waals surface area contributed by atoms with Gasteiger partial charge in [0.1, 0.15) is 5.75 Å². The van der Waals surface area contributed by atoms with Crippen molar-refractivity contribution in [1.29, 1.82) is 0 Å². The van der Waals surface area contributed by atoms with E-state index in [-0.39, 0.29) is 6.04 Å². The molecule has 1 atom stereocenters. The van der Waals surface area contributed by atoms with Gasteiger partial charge in [0.05, 0.1) is 22.1 Å². The van der Waals surface area contributed by atoms with Gasteiger partial charge in [-0.1, -0.05) is 30.7 Å². The first kappa shape index (κ1) is 16.8. The lowest BCUT2D eigenvalue weighted by atomic mass is 10.00. The lowest BCUT2D eigenvalue weighted by Gasteiger charge is -2.15. The monoisotopic (exact) mass is 431 g/mol. The van der Waals surface area contributed by atoms with Gasteiger partial charge < -0.3 is 10.5 Å². The number of nitrogens with two attached hydrogens (primary N) is 1. The summed E-state index contributed by atoms with van der Waals surface area (Å²) in [6.45, 7) is 2.78. The van der Waals surface area contributed by atoms with E-state index < -0.39 is 0 Å². The number of halogens is 3. The number of hydrogen-bond acceptors (Lipinski definition) is 2. The molecule has 2 rings (SSSR count). The smallest absolute Gasteiger partial charge is 0.133 e. The molecule has 2 N–H and O–H groups in total. The lowest BCUT2D eigenvalue weighted by molar-refractivity contribution is 0.315. The van der Waals surface area contributed by atoms with Gasteiger partial charge in [-0.15, -0.1) is 0 Å². The molecule has 0 heterocycles. The van der Waals surface area contributed by atoms with Crippen LogP contribution in [0.2, 0.25) is 5.02 Å². The minimum absolute atomic E-state index is 0.230. The number of hydrogen-bond donors (Lipinski definition) is 1. The van der Waals surface area contributed by atoms with Gasteiger partial charge in [0.25, 0.3) is 0 Å². The molecule has 0 aromatic heterocycles. The second-order valence-corrected chi connectivity index (χ2v) is 6.81. The van der Waals surface area contributed by atoms with Gasteiger partial charge >= 0.3 is 0 Å². The highest BCUT2D eigenvalue weighted by Crippen LogP contribution is 2.32.